The molecule has 2 radical (unpaired) electrons. The molecule has 0 unspecified atom stereocenters. The number of quaternary nitrogens is 6. The first-order chi connectivity index (χ1) is 30.4. The van der Waals surface area contributed by atoms with Crippen molar-refractivity contribution in [3.8, 4) is 0 Å². The number of rotatable bonds is 20. The van der Waals surface area contributed by atoms with Crippen LogP contribution in [0.2, 0.25) is 12.1 Å². The van der Waals surface area contributed by atoms with Crippen molar-refractivity contribution in [1.82, 2.24) is 17.9 Å². The van der Waals surface area contributed by atoms with Crippen LogP contribution in [-0.4, -0.2) is 174 Å². The largest absolute Gasteiger partial charge is 0.427 e. The molecule has 0 N–H and O–H groups in total. The molecule has 0 spiro atoms. The molecule has 0 amide bonds. The van der Waals surface area contributed by atoms with Gasteiger partial charge in [0.15, 0.2) is 0 Å². The Kier molecular flexibility index (Phi) is 16.2. The average molecular weight is 940 g/mol. The van der Waals surface area contributed by atoms with E-state index in [4.69, 9.17) is 8.23 Å². The summed E-state index contributed by atoms with van der Waals surface area (Å²) in [5, 5.41) is 5.39. The molecule has 0 aliphatic carbocycles. The molecule has 4 aromatic carbocycles. The van der Waals surface area contributed by atoms with E-state index in [-0.39, 0.29) is 10.0 Å². The average Bonchev–Trinajstić information content (AvgIpc) is 3.25. The van der Waals surface area contributed by atoms with E-state index in [0.717, 1.165) is 42.9 Å². The van der Waals surface area contributed by atoms with E-state index < -0.39 is 16.6 Å². The standard InChI is InChI=1S/C54H90N6O2Si3/c1-55(2,3)47-23-31-51(32-24-47)64(45-21-43-59(13)39-17-15-18-40-59,52-33-25-48(26-34-52)56(4,5)6)61-63-62-65(46-22-44-60(14)41-19-16-20-42-60,53-35-27-49(28-36-53)57(7,8)9)54-37-29-50(30-38-54)58(10,11)12/h23-38H,15-22,39-46H2,1-14H3/q+6. The van der Waals surface area contributed by atoms with Gasteiger partial charge in [0.05, 0.1) is 138 Å². The lowest BCUT2D eigenvalue weighted by molar-refractivity contribution is -0.914. The van der Waals surface area contributed by atoms with Crippen LogP contribution >= 0.6 is 0 Å². The molecule has 4 aromatic rings. The van der Waals surface area contributed by atoms with E-state index in [1.165, 1.54) is 130 Å². The molecule has 2 fully saturated rings. The summed E-state index contributed by atoms with van der Waals surface area (Å²) in [6, 6.07) is 40.2. The zero-order valence-corrected chi connectivity index (χ0v) is 46.6. The maximum atomic E-state index is 7.90. The van der Waals surface area contributed by atoms with Crippen molar-refractivity contribution in [2.24, 2.45) is 0 Å². The van der Waals surface area contributed by atoms with E-state index in [9.17, 15) is 0 Å². The highest BCUT2D eigenvalue weighted by molar-refractivity contribution is 7.02. The van der Waals surface area contributed by atoms with Gasteiger partial charge in [-0.15, -0.1) is 0 Å². The van der Waals surface area contributed by atoms with Crippen LogP contribution in [0.25, 0.3) is 0 Å². The summed E-state index contributed by atoms with van der Waals surface area (Å²) in [4.78, 5) is 0. The van der Waals surface area contributed by atoms with E-state index in [1.807, 2.05) is 0 Å². The number of hydrogen-bond donors (Lipinski definition) is 0. The SMILES string of the molecule is C[N+]1(CCC[Si](O[Si]O[Si](CCC[N+]2(C)CCCCC2)(c2ccc([N+](C)(C)C)cc2)c2ccc([N+](C)(C)C)cc2)(c2ccc([N+](C)(C)C)cc2)c2ccc([N+](C)(C)C)cc2)CCCCC1. The minimum Gasteiger partial charge on any atom is -0.427 e. The fourth-order valence-electron chi connectivity index (χ4n) is 10.5. The molecule has 2 aliphatic heterocycles. The van der Waals surface area contributed by atoms with Crippen molar-refractivity contribution >= 4 is 70.1 Å². The third-order valence-electron chi connectivity index (χ3n) is 15.1. The molecule has 2 aliphatic rings. The molecule has 2 heterocycles. The van der Waals surface area contributed by atoms with Crippen molar-refractivity contribution in [1.29, 1.82) is 0 Å². The second-order valence-corrected chi connectivity index (χ2v) is 32.5. The van der Waals surface area contributed by atoms with Crippen LogP contribution in [0, 0.1) is 0 Å². The van der Waals surface area contributed by atoms with Crippen LogP contribution < -0.4 is 38.7 Å². The zero-order chi connectivity index (χ0) is 47.4. The van der Waals surface area contributed by atoms with Gasteiger partial charge in [0.25, 0.3) is 0 Å². The minimum absolute atomic E-state index is 0.101. The Morgan fingerprint density at radius 3 is 0.831 bits per heavy atom. The van der Waals surface area contributed by atoms with Gasteiger partial charge in [0.2, 0.25) is 16.6 Å². The molecular weight excluding hydrogens is 849 g/mol. The second kappa shape index (κ2) is 20.4. The third kappa shape index (κ3) is 12.9. The van der Waals surface area contributed by atoms with E-state index >= 15 is 0 Å². The smallest absolute Gasteiger partial charge is 0.410 e. The topological polar surface area (TPSA) is 18.5 Å². The Bertz CT molecular complexity index is 1840. The lowest BCUT2D eigenvalue weighted by atomic mass is 10.1. The van der Waals surface area contributed by atoms with E-state index in [1.54, 1.807) is 0 Å². The summed E-state index contributed by atoms with van der Waals surface area (Å²) in [6.07, 6.45) is 10.3. The van der Waals surface area contributed by atoms with E-state index in [2.05, 4.69) is 196 Å². The van der Waals surface area contributed by atoms with Gasteiger partial charge in [-0.2, -0.15) is 0 Å². The summed E-state index contributed by atoms with van der Waals surface area (Å²) in [5.41, 5.74) is 5.20. The van der Waals surface area contributed by atoms with Crippen molar-refractivity contribution in [2.45, 2.75) is 63.5 Å². The highest BCUT2D eigenvalue weighted by atomic mass is 28.4. The molecular formula is C54H90N6O2Si3+6. The molecule has 65 heavy (non-hydrogen) atoms. The maximum absolute atomic E-state index is 7.90. The summed E-state index contributed by atoms with van der Waals surface area (Å²) < 4.78 is 21.2. The summed E-state index contributed by atoms with van der Waals surface area (Å²) >= 11 is 0. The first kappa shape index (κ1) is 51.6. The number of benzene rings is 4. The van der Waals surface area contributed by atoms with Gasteiger partial charge in [-0.25, -0.2) is 0 Å². The first-order valence-electron chi connectivity index (χ1n) is 24.9. The van der Waals surface area contributed by atoms with Crippen LogP contribution in [-0.2, 0) is 8.23 Å². The van der Waals surface area contributed by atoms with Gasteiger partial charge >= 0.3 is 10.0 Å². The molecule has 2 saturated heterocycles. The lowest BCUT2D eigenvalue weighted by Crippen LogP contribution is -2.65. The Morgan fingerprint density at radius 1 is 0.385 bits per heavy atom. The van der Waals surface area contributed by atoms with Gasteiger partial charge < -0.3 is 17.2 Å². The monoisotopic (exact) mass is 939 g/mol. The van der Waals surface area contributed by atoms with Crippen molar-refractivity contribution in [2.75, 3.05) is 138 Å². The number of nitrogens with zero attached hydrogens (tertiary/aromatic N) is 6. The van der Waals surface area contributed by atoms with Gasteiger partial charge in [-0.3, -0.25) is 17.9 Å². The molecule has 354 valence electrons. The van der Waals surface area contributed by atoms with Crippen LogP contribution in [0.4, 0.5) is 22.7 Å². The van der Waals surface area contributed by atoms with Gasteiger partial charge in [-0.1, -0.05) is 48.5 Å². The molecule has 0 aromatic heterocycles. The summed E-state index contributed by atoms with van der Waals surface area (Å²) in [7, 11) is 26.2. The summed E-state index contributed by atoms with van der Waals surface area (Å²) in [5.74, 6) is 0. The van der Waals surface area contributed by atoms with Gasteiger partial charge in [0, 0.05) is 0 Å². The van der Waals surface area contributed by atoms with Gasteiger partial charge in [-0.05, 0) is 133 Å². The molecule has 0 bridgehead atoms. The Hall–Kier alpha value is -2.79. The van der Waals surface area contributed by atoms with Crippen LogP contribution in [0.3, 0.4) is 0 Å². The Balaban J connectivity index is 1.48. The second-order valence-electron chi connectivity index (χ2n) is 24.1. The van der Waals surface area contributed by atoms with Crippen molar-refractivity contribution in [3.63, 3.8) is 0 Å². The fraction of sp³-hybridized carbons (Fsp3) is 0.556. The highest BCUT2D eigenvalue weighted by Gasteiger charge is 2.45. The van der Waals surface area contributed by atoms with Crippen molar-refractivity contribution < 1.29 is 17.2 Å². The van der Waals surface area contributed by atoms with Crippen LogP contribution in [0.5, 0.6) is 0 Å². The highest BCUT2D eigenvalue weighted by Crippen LogP contribution is 2.28. The maximum Gasteiger partial charge on any atom is 0.410 e. The van der Waals surface area contributed by atoms with Crippen molar-refractivity contribution in [3.05, 3.63) is 97.1 Å². The molecule has 6 rings (SSSR count). The first-order valence-corrected chi connectivity index (χ1v) is 29.9. The predicted molar refractivity (Wildman–Crippen MR) is 290 cm³/mol. The van der Waals surface area contributed by atoms with Crippen LogP contribution in [0.1, 0.15) is 51.4 Å². The molecule has 8 nitrogen and oxygen atoms in total. The number of hydrogen-bond acceptors (Lipinski definition) is 2. The minimum atomic E-state index is -2.89. The number of piperidine rings is 2. The quantitative estimate of drug-likeness (QED) is 0.0710. The Morgan fingerprint density at radius 2 is 0.615 bits per heavy atom. The normalized spacial score (nSPS) is 17.6. The van der Waals surface area contributed by atoms with Crippen LogP contribution in [0.15, 0.2) is 97.1 Å². The lowest BCUT2D eigenvalue weighted by Gasteiger charge is -2.40. The number of likely N-dealkylation sites (tertiary alicyclic amines) is 2. The Labute approximate surface area is 401 Å². The predicted octanol–water partition coefficient (Wildman–Crippen LogP) is 6.90. The zero-order valence-electron chi connectivity index (χ0n) is 43.6. The van der Waals surface area contributed by atoms with Gasteiger partial charge in [0.1, 0.15) is 22.7 Å². The third-order valence-corrected chi connectivity index (χ3v) is 25.7. The molecule has 0 atom stereocenters. The molecule has 11 heteroatoms. The van der Waals surface area contributed by atoms with E-state index in [0.29, 0.717) is 0 Å². The summed E-state index contributed by atoms with van der Waals surface area (Å²) in [6.45, 7) is 7.49. The molecule has 0 saturated carbocycles. The fourth-order valence-corrected chi connectivity index (χ4v) is 20.9.